The summed E-state index contributed by atoms with van der Waals surface area (Å²) in [6.45, 7) is 13.9. The molecule has 5 saturated carbocycles. The molecule has 0 heteroatoms. The molecule has 5 fully saturated rings. The summed E-state index contributed by atoms with van der Waals surface area (Å²) in [4.78, 5) is 0. The van der Waals surface area contributed by atoms with E-state index in [2.05, 4.69) is 34.6 Å². The summed E-state index contributed by atoms with van der Waals surface area (Å²) in [7, 11) is 0. The molecule has 0 amide bonds. The van der Waals surface area contributed by atoms with Crippen LogP contribution in [0.3, 0.4) is 0 Å². The van der Waals surface area contributed by atoms with Gasteiger partial charge in [0.05, 0.1) is 0 Å². The predicted octanol–water partition coefficient (Wildman–Crippen LogP) is 11.8. The van der Waals surface area contributed by atoms with Crippen LogP contribution < -0.4 is 0 Å². The van der Waals surface area contributed by atoms with Gasteiger partial charge in [-0.3, -0.25) is 0 Å². The van der Waals surface area contributed by atoms with Crippen LogP contribution in [-0.2, 0) is 0 Å². The molecule has 0 nitrogen and oxygen atoms in total. The summed E-state index contributed by atoms with van der Waals surface area (Å²) in [5, 5.41) is 0. The van der Waals surface area contributed by atoms with E-state index in [0.29, 0.717) is 21.7 Å². The number of hydrogen-bond donors (Lipinski definition) is 0. The molecule has 5 aliphatic rings. The molecule has 0 N–H and O–H groups in total. The van der Waals surface area contributed by atoms with Crippen LogP contribution in [0.25, 0.3) is 0 Å². The maximum Gasteiger partial charge on any atom is -0.0261 e. The van der Waals surface area contributed by atoms with E-state index in [1.54, 1.807) is 38.5 Å². The van der Waals surface area contributed by atoms with Crippen molar-refractivity contribution in [1.29, 1.82) is 0 Å². The summed E-state index contributed by atoms with van der Waals surface area (Å²) in [5.41, 5.74) is 2.26. The average Bonchev–Trinajstić information content (AvgIpc) is 3.12. The maximum absolute atomic E-state index is 2.85. The lowest BCUT2D eigenvalue weighted by Gasteiger charge is -2.52. The maximum atomic E-state index is 2.85. The van der Waals surface area contributed by atoms with Gasteiger partial charge in [-0.2, -0.15) is 0 Å². The van der Waals surface area contributed by atoms with E-state index in [1.165, 1.54) is 103 Å². The zero-order valence-corrected chi connectivity index (χ0v) is 25.4. The lowest BCUT2D eigenvalue weighted by Crippen LogP contribution is -2.42. The van der Waals surface area contributed by atoms with E-state index in [1.807, 2.05) is 0 Å². The highest BCUT2D eigenvalue weighted by Crippen LogP contribution is 2.69. The van der Waals surface area contributed by atoms with Crippen LogP contribution in [0.2, 0.25) is 0 Å². The SMILES string of the molecule is CC(C)(CC(C)(CC1(C)CC(C)(C2CCCCC2)C2CCCCC21)C1CCCCC1)C1CCCCC1. The topological polar surface area (TPSA) is 0 Å². The Hall–Kier alpha value is 0. The fraction of sp³-hybridized carbons (Fsp3) is 1.00. The van der Waals surface area contributed by atoms with Gasteiger partial charge in [-0.15, -0.1) is 0 Å². The van der Waals surface area contributed by atoms with Crippen LogP contribution >= 0.6 is 0 Å². The van der Waals surface area contributed by atoms with Crippen LogP contribution in [0.5, 0.6) is 0 Å². The summed E-state index contributed by atoms with van der Waals surface area (Å²) < 4.78 is 0. The second-order valence-electron chi connectivity index (χ2n) is 16.8. The third-order valence-electron chi connectivity index (χ3n) is 13.8. The molecule has 0 aromatic carbocycles. The Morgan fingerprint density at radius 3 is 1.61 bits per heavy atom. The van der Waals surface area contributed by atoms with Gasteiger partial charge < -0.3 is 0 Å². The van der Waals surface area contributed by atoms with E-state index in [0.717, 1.165) is 29.6 Å². The van der Waals surface area contributed by atoms with Gasteiger partial charge in [-0.05, 0) is 122 Å². The number of fused-ring (bicyclic) bond motifs is 1. The molecule has 5 unspecified atom stereocenters. The van der Waals surface area contributed by atoms with Gasteiger partial charge in [0.15, 0.2) is 0 Å². The number of rotatable bonds is 7. The third-order valence-corrected chi connectivity index (χ3v) is 13.8. The minimum atomic E-state index is 0.514. The summed E-state index contributed by atoms with van der Waals surface area (Å²) >= 11 is 0. The fourth-order valence-corrected chi connectivity index (χ4v) is 12.4. The Kier molecular flexibility index (Phi) is 8.32. The summed E-state index contributed by atoms with van der Waals surface area (Å²) in [6, 6.07) is 0. The standard InChI is InChI=1S/C36H64/c1-33(2,28-17-9-6-10-18-28)25-34(3,29-19-11-7-12-20-29)26-35(4)27-36(5,30-21-13-8-14-22-30)32-24-16-15-23-31(32)35/h28-32H,6-27H2,1-5H3. The van der Waals surface area contributed by atoms with Crippen molar-refractivity contribution in [2.24, 2.45) is 51.2 Å². The van der Waals surface area contributed by atoms with Gasteiger partial charge >= 0.3 is 0 Å². The quantitative estimate of drug-likeness (QED) is 0.328. The van der Waals surface area contributed by atoms with Gasteiger partial charge in [0.1, 0.15) is 0 Å². The van der Waals surface area contributed by atoms with E-state index in [9.17, 15) is 0 Å². The minimum absolute atomic E-state index is 0.514. The van der Waals surface area contributed by atoms with Gasteiger partial charge in [0.25, 0.3) is 0 Å². The first-order valence-electron chi connectivity index (χ1n) is 17.2. The van der Waals surface area contributed by atoms with Crippen LogP contribution in [0, 0.1) is 51.2 Å². The largest absolute Gasteiger partial charge is 0.0596 e. The first kappa shape index (κ1) is 27.6. The molecule has 0 aromatic heterocycles. The van der Waals surface area contributed by atoms with Gasteiger partial charge in [-0.25, -0.2) is 0 Å². The Morgan fingerprint density at radius 1 is 0.556 bits per heavy atom. The molecule has 208 valence electrons. The molecule has 0 spiro atoms. The lowest BCUT2D eigenvalue weighted by atomic mass is 9.53. The molecule has 5 rings (SSSR count). The van der Waals surface area contributed by atoms with Crippen molar-refractivity contribution in [3.63, 3.8) is 0 Å². The Morgan fingerprint density at radius 2 is 1.03 bits per heavy atom. The van der Waals surface area contributed by atoms with Crippen molar-refractivity contribution in [2.75, 3.05) is 0 Å². The highest BCUT2D eigenvalue weighted by Gasteiger charge is 2.61. The monoisotopic (exact) mass is 497 g/mol. The molecular formula is C36H64. The highest BCUT2D eigenvalue weighted by atomic mass is 14.7. The number of hydrogen-bond acceptors (Lipinski definition) is 0. The zero-order valence-electron chi connectivity index (χ0n) is 25.4. The van der Waals surface area contributed by atoms with Crippen molar-refractivity contribution in [1.82, 2.24) is 0 Å². The van der Waals surface area contributed by atoms with E-state index in [4.69, 9.17) is 0 Å². The van der Waals surface area contributed by atoms with Crippen molar-refractivity contribution in [3.05, 3.63) is 0 Å². The van der Waals surface area contributed by atoms with Crippen molar-refractivity contribution in [2.45, 2.75) is 176 Å². The van der Waals surface area contributed by atoms with Crippen molar-refractivity contribution >= 4 is 0 Å². The third kappa shape index (κ3) is 5.37. The molecule has 5 atom stereocenters. The van der Waals surface area contributed by atoms with Crippen LogP contribution in [0.1, 0.15) is 176 Å². The lowest BCUT2D eigenvalue weighted by molar-refractivity contribution is -0.0188. The van der Waals surface area contributed by atoms with Crippen molar-refractivity contribution < 1.29 is 0 Å². The van der Waals surface area contributed by atoms with E-state index < -0.39 is 0 Å². The minimum Gasteiger partial charge on any atom is -0.0596 e. The predicted molar refractivity (Wildman–Crippen MR) is 157 cm³/mol. The van der Waals surface area contributed by atoms with Crippen molar-refractivity contribution in [3.8, 4) is 0 Å². The zero-order chi connectivity index (χ0) is 25.4. The van der Waals surface area contributed by atoms with Gasteiger partial charge in [0.2, 0.25) is 0 Å². The smallest absolute Gasteiger partial charge is 0.0261 e. The summed E-state index contributed by atoms with van der Waals surface area (Å²) in [6.07, 6.45) is 33.5. The molecule has 0 bridgehead atoms. The fourth-order valence-electron chi connectivity index (χ4n) is 12.4. The second-order valence-corrected chi connectivity index (χ2v) is 16.8. The van der Waals surface area contributed by atoms with E-state index >= 15 is 0 Å². The van der Waals surface area contributed by atoms with E-state index in [-0.39, 0.29) is 0 Å². The Balaban J connectivity index is 1.43. The Labute approximate surface area is 226 Å². The van der Waals surface area contributed by atoms with Gasteiger partial charge in [0, 0.05) is 0 Å². The highest BCUT2D eigenvalue weighted by molar-refractivity contribution is 5.10. The molecular weight excluding hydrogens is 432 g/mol. The average molecular weight is 497 g/mol. The van der Waals surface area contributed by atoms with Gasteiger partial charge in [-0.1, -0.05) is 105 Å². The summed E-state index contributed by atoms with van der Waals surface area (Å²) in [5.74, 6) is 5.02. The Bertz CT molecular complexity index is 702. The molecule has 0 radical (unpaired) electrons. The van der Waals surface area contributed by atoms with Crippen LogP contribution in [0.4, 0.5) is 0 Å². The normalized spacial score (nSPS) is 39.6. The molecule has 36 heavy (non-hydrogen) atoms. The molecule has 0 aliphatic heterocycles. The van der Waals surface area contributed by atoms with Crippen LogP contribution in [-0.4, -0.2) is 0 Å². The second kappa shape index (κ2) is 10.9. The first-order valence-corrected chi connectivity index (χ1v) is 17.2. The van der Waals surface area contributed by atoms with Crippen LogP contribution in [0.15, 0.2) is 0 Å². The molecule has 0 heterocycles. The molecule has 5 aliphatic carbocycles. The first-order chi connectivity index (χ1) is 17.2. The molecule has 0 saturated heterocycles. The molecule has 0 aromatic rings.